The standard InChI is InChI=1S/C21H22Cl2N4O2/c1-4-25(5-2)18-8-6-7-16-20(18)26-12-19(29-13(3)28)27(21(26)24-16)17-10-9-14(22)11-15(17)23/h6-11,19H,4-5,12H2,1-3H3. The molecule has 0 N–H and O–H groups in total. The predicted molar refractivity (Wildman–Crippen MR) is 117 cm³/mol. The number of rotatable bonds is 5. The van der Waals surface area contributed by atoms with Crippen molar-refractivity contribution in [2.45, 2.75) is 33.5 Å². The number of ether oxygens (including phenoxy) is 1. The Bertz CT molecular complexity index is 1080. The van der Waals surface area contributed by atoms with Gasteiger partial charge in [0.25, 0.3) is 0 Å². The van der Waals surface area contributed by atoms with Crippen LogP contribution >= 0.6 is 23.2 Å². The molecule has 2 aromatic carbocycles. The second-order valence-electron chi connectivity index (χ2n) is 6.87. The van der Waals surface area contributed by atoms with Gasteiger partial charge in [0.1, 0.15) is 0 Å². The molecule has 152 valence electrons. The van der Waals surface area contributed by atoms with Crippen LogP contribution in [-0.2, 0) is 16.1 Å². The number of halogens is 2. The number of benzene rings is 2. The Morgan fingerprint density at radius 2 is 2.00 bits per heavy atom. The lowest BCUT2D eigenvalue weighted by molar-refractivity contribution is -0.145. The number of aromatic nitrogens is 2. The van der Waals surface area contributed by atoms with Crippen LogP contribution < -0.4 is 9.80 Å². The summed E-state index contributed by atoms with van der Waals surface area (Å²) in [5, 5.41) is 1.01. The third-order valence-electron chi connectivity index (χ3n) is 5.14. The van der Waals surface area contributed by atoms with Gasteiger partial charge in [-0.2, -0.15) is 0 Å². The third kappa shape index (κ3) is 3.40. The maximum atomic E-state index is 11.8. The first-order valence-corrected chi connectivity index (χ1v) is 10.4. The topological polar surface area (TPSA) is 50.6 Å². The first-order valence-electron chi connectivity index (χ1n) is 9.60. The van der Waals surface area contributed by atoms with Crippen molar-refractivity contribution in [1.29, 1.82) is 0 Å². The summed E-state index contributed by atoms with van der Waals surface area (Å²) in [4.78, 5) is 20.8. The summed E-state index contributed by atoms with van der Waals surface area (Å²) < 4.78 is 7.73. The Labute approximate surface area is 179 Å². The van der Waals surface area contributed by atoms with Gasteiger partial charge in [-0.1, -0.05) is 29.3 Å². The fourth-order valence-corrected chi connectivity index (χ4v) is 4.42. The summed E-state index contributed by atoms with van der Waals surface area (Å²) in [6, 6.07) is 11.4. The van der Waals surface area contributed by atoms with Crippen LogP contribution in [0.5, 0.6) is 0 Å². The number of fused-ring (bicyclic) bond motifs is 3. The Balaban J connectivity index is 1.92. The molecule has 0 amide bonds. The van der Waals surface area contributed by atoms with E-state index in [1.54, 1.807) is 12.1 Å². The summed E-state index contributed by atoms with van der Waals surface area (Å²) in [5.41, 5.74) is 3.72. The Kier molecular flexibility index (Phi) is 5.32. The highest BCUT2D eigenvalue weighted by molar-refractivity contribution is 6.36. The quantitative estimate of drug-likeness (QED) is 0.516. The van der Waals surface area contributed by atoms with Gasteiger partial charge in [-0.15, -0.1) is 0 Å². The van der Waals surface area contributed by atoms with Gasteiger partial charge in [0.15, 0.2) is 6.23 Å². The fraction of sp³-hybridized carbons (Fsp3) is 0.333. The average molecular weight is 433 g/mol. The van der Waals surface area contributed by atoms with E-state index in [0.717, 1.165) is 29.8 Å². The number of carbonyl (C=O) groups excluding carboxylic acids is 1. The van der Waals surface area contributed by atoms with Crippen molar-refractivity contribution >= 4 is 57.5 Å². The molecule has 0 saturated carbocycles. The Morgan fingerprint density at radius 3 is 2.66 bits per heavy atom. The van der Waals surface area contributed by atoms with Crippen molar-refractivity contribution < 1.29 is 9.53 Å². The molecule has 0 aliphatic carbocycles. The van der Waals surface area contributed by atoms with Crippen LogP contribution in [0, 0.1) is 0 Å². The van der Waals surface area contributed by atoms with Crippen molar-refractivity contribution in [3.05, 3.63) is 46.4 Å². The molecular formula is C21H22Cl2N4O2. The number of hydrogen-bond acceptors (Lipinski definition) is 5. The zero-order valence-corrected chi connectivity index (χ0v) is 18.0. The van der Waals surface area contributed by atoms with Gasteiger partial charge in [0, 0.05) is 25.0 Å². The van der Waals surface area contributed by atoms with E-state index in [1.807, 2.05) is 23.1 Å². The minimum atomic E-state index is -0.539. The van der Waals surface area contributed by atoms with Crippen LogP contribution in [0.1, 0.15) is 20.8 Å². The predicted octanol–water partition coefficient (Wildman–Crippen LogP) is 5.23. The maximum Gasteiger partial charge on any atom is 0.304 e. The highest BCUT2D eigenvalue weighted by Gasteiger charge is 2.37. The molecule has 1 atom stereocenters. The molecule has 0 bridgehead atoms. The van der Waals surface area contributed by atoms with Crippen molar-refractivity contribution in [3.8, 4) is 0 Å². The average Bonchev–Trinajstić information content (AvgIpc) is 3.18. The molecule has 2 heterocycles. The van der Waals surface area contributed by atoms with Gasteiger partial charge in [-0.25, -0.2) is 4.98 Å². The highest BCUT2D eigenvalue weighted by Crippen LogP contribution is 2.42. The van der Waals surface area contributed by atoms with Gasteiger partial charge in [-0.05, 0) is 44.2 Å². The van der Waals surface area contributed by atoms with E-state index in [9.17, 15) is 4.79 Å². The SMILES string of the molecule is CCN(CC)c1cccc2nc3n(c12)CC(OC(C)=O)N3c1ccc(Cl)cc1Cl. The number of nitrogens with zero attached hydrogens (tertiary/aromatic N) is 4. The van der Waals surface area contributed by atoms with Crippen LogP contribution in [0.4, 0.5) is 17.3 Å². The summed E-state index contributed by atoms with van der Waals surface area (Å²) in [6.45, 7) is 7.90. The largest absolute Gasteiger partial charge is 0.439 e. The molecule has 1 aliphatic heterocycles. The molecule has 1 aliphatic rings. The third-order valence-corrected chi connectivity index (χ3v) is 5.68. The van der Waals surface area contributed by atoms with Gasteiger partial charge in [-0.3, -0.25) is 9.69 Å². The lowest BCUT2D eigenvalue weighted by Gasteiger charge is -2.25. The number of hydrogen-bond donors (Lipinski definition) is 0. The molecule has 8 heteroatoms. The van der Waals surface area contributed by atoms with Crippen LogP contribution in [0.2, 0.25) is 10.0 Å². The Hall–Kier alpha value is -2.44. The van der Waals surface area contributed by atoms with E-state index in [-0.39, 0.29) is 5.97 Å². The molecule has 0 radical (unpaired) electrons. The molecule has 3 aromatic rings. The van der Waals surface area contributed by atoms with Crippen LogP contribution in [-0.4, -0.2) is 34.8 Å². The van der Waals surface area contributed by atoms with Gasteiger partial charge in [0.05, 0.1) is 34.0 Å². The zero-order chi connectivity index (χ0) is 20.7. The van der Waals surface area contributed by atoms with E-state index >= 15 is 0 Å². The highest BCUT2D eigenvalue weighted by atomic mass is 35.5. The number of imidazole rings is 1. The number of para-hydroxylation sites is 1. The molecule has 0 saturated heterocycles. The molecule has 0 spiro atoms. The van der Waals surface area contributed by atoms with E-state index < -0.39 is 6.23 Å². The number of anilines is 3. The van der Waals surface area contributed by atoms with Crippen molar-refractivity contribution in [2.24, 2.45) is 0 Å². The van der Waals surface area contributed by atoms with Gasteiger partial charge >= 0.3 is 5.97 Å². The number of carbonyl (C=O) groups is 1. The summed E-state index contributed by atoms with van der Waals surface area (Å²) in [7, 11) is 0. The molecule has 1 unspecified atom stereocenters. The van der Waals surface area contributed by atoms with Crippen molar-refractivity contribution in [2.75, 3.05) is 22.9 Å². The molecule has 6 nitrogen and oxygen atoms in total. The van der Waals surface area contributed by atoms with Crippen LogP contribution in [0.3, 0.4) is 0 Å². The molecule has 1 aromatic heterocycles. The second-order valence-corrected chi connectivity index (χ2v) is 7.71. The molecule has 29 heavy (non-hydrogen) atoms. The minimum absolute atomic E-state index is 0.357. The van der Waals surface area contributed by atoms with E-state index in [2.05, 4.69) is 29.4 Å². The monoisotopic (exact) mass is 432 g/mol. The second kappa shape index (κ2) is 7.76. The van der Waals surface area contributed by atoms with Crippen LogP contribution in [0.15, 0.2) is 36.4 Å². The summed E-state index contributed by atoms with van der Waals surface area (Å²) >= 11 is 12.6. The van der Waals surface area contributed by atoms with Crippen molar-refractivity contribution in [1.82, 2.24) is 9.55 Å². The van der Waals surface area contributed by atoms with Gasteiger partial charge in [0.2, 0.25) is 5.95 Å². The van der Waals surface area contributed by atoms with Crippen molar-refractivity contribution in [3.63, 3.8) is 0 Å². The van der Waals surface area contributed by atoms with Crippen LogP contribution in [0.25, 0.3) is 11.0 Å². The smallest absolute Gasteiger partial charge is 0.304 e. The van der Waals surface area contributed by atoms with E-state index in [0.29, 0.717) is 28.2 Å². The molecular weight excluding hydrogens is 411 g/mol. The first-order chi connectivity index (χ1) is 13.9. The van der Waals surface area contributed by atoms with E-state index in [4.69, 9.17) is 32.9 Å². The Morgan fingerprint density at radius 1 is 1.24 bits per heavy atom. The van der Waals surface area contributed by atoms with Gasteiger partial charge < -0.3 is 14.2 Å². The summed E-state index contributed by atoms with van der Waals surface area (Å²) in [5.74, 6) is 0.333. The lowest BCUT2D eigenvalue weighted by atomic mass is 10.2. The fourth-order valence-electron chi connectivity index (χ4n) is 3.92. The molecule has 4 rings (SSSR count). The van der Waals surface area contributed by atoms with E-state index in [1.165, 1.54) is 6.92 Å². The maximum absolute atomic E-state index is 11.8. The minimum Gasteiger partial charge on any atom is -0.439 e. The normalized spacial score (nSPS) is 15.6. The zero-order valence-electron chi connectivity index (χ0n) is 16.5. The number of esters is 1. The first kappa shape index (κ1) is 19.9. The lowest BCUT2D eigenvalue weighted by Crippen LogP contribution is -2.32. The molecule has 0 fully saturated rings. The summed E-state index contributed by atoms with van der Waals surface area (Å²) in [6.07, 6.45) is -0.539.